The molecule has 1 aliphatic carbocycles. The van der Waals surface area contributed by atoms with Gasteiger partial charge in [0.05, 0.1) is 6.07 Å². The van der Waals surface area contributed by atoms with Gasteiger partial charge in [-0.15, -0.1) is 0 Å². The average molecular weight is 390 g/mol. The highest BCUT2D eigenvalue weighted by Gasteiger charge is 2.19. The Labute approximate surface area is 169 Å². The Hall–Kier alpha value is -2.78. The molecule has 2 aromatic rings. The first kappa shape index (κ1) is 17.3. The van der Waals surface area contributed by atoms with Crippen molar-refractivity contribution in [2.45, 2.75) is 19.3 Å². The first-order valence-electron chi connectivity index (χ1n) is 9.79. The molecule has 2 heterocycles. The van der Waals surface area contributed by atoms with Crippen molar-refractivity contribution in [1.82, 2.24) is 4.58 Å². The van der Waals surface area contributed by atoms with E-state index in [-0.39, 0.29) is 0 Å². The van der Waals surface area contributed by atoms with Crippen LogP contribution < -0.4 is 15.7 Å². The molecule has 0 atom stereocenters. The topological polar surface area (TPSA) is 42.2 Å². The molecule has 2 aromatic carbocycles. The molecule has 2 N–H and O–H groups in total. The average Bonchev–Trinajstić information content (AvgIpc) is 2.72. The molecule has 0 radical (unpaired) electrons. The van der Waals surface area contributed by atoms with Gasteiger partial charge in [0, 0.05) is 52.2 Å². The molecule has 0 spiro atoms. The number of fused-ring (bicyclic) bond motifs is 2. The van der Waals surface area contributed by atoms with Gasteiger partial charge in [0.1, 0.15) is 24.4 Å². The Morgan fingerprint density at radius 2 is 1.75 bits per heavy atom. The summed E-state index contributed by atoms with van der Waals surface area (Å²) in [6.07, 6.45) is 3.81. The summed E-state index contributed by atoms with van der Waals surface area (Å²) in [5.41, 5.74) is 10.8. The minimum absolute atomic E-state index is 0.694. The van der Waals surface area contributed by atoms with Gasteiger partial charge in [-0.2, -0.15) is 0 Å². The third kappa shape index (κ3) is 3.06. The van der Waals surface area contributed by atoms with Crippen molar-refractivity contribution in [2.75, 3.05) is 18.8 Å². The van der Waals surface area contributed by atoms with Gasteiger partial charge < -0.3 is 10.2 Å². The zero-order valence-electron chi connectivity index (χ0n) is 15.6. The van der Waals surface area contributed by atoms with Crippen LogP contribution in [0, 0.1) is 0 Å². The molecule has 0 aromatic heterocycles. The second-order valence-electron chi connectivity index (χ2n) is 7.47. The van der Waals surface area contributed by atoms with Crippen molar-refractivity contribution in [3.05, 3.63) is 71.0 Å². The Morgan fingerprint density at radius 3 is 2.57 bits per heavy atom. The maximum atomic E-state index is 6.31. The van der Waals surface area contributed by atoms with Gasteiger partial charge in [-0.05, 0) is 42.3 Å². The summed E-state index contributed by atoms with van der Waals surface area (Å²) in [7, 11) is 0. The first-order chi connectivity index (χ1) is 13.7. The van der Waals surface area contributed by atoms with Crippen molar-refractivity contribution in [3.63, 3.8) is 0 Å². The lowest BCUT2D eigenvalue weighted by Crippen LogP contribution is -2.34. The lowest BCUT2D eigenvalue weighted by atomic mass is 9.93. The number of rotatable bonds is 1. The second kappa shape index (κ2) is 6.99. The molecule has 0 unspecified atom stereocenters. The highest BCUT2D eigenvalue weighted by atomic mass is 35.5. The number of anilines is 1. The molecule has 1 fully saturated rings. The van der Waals surface area contributed by atoms with E-state index in [1.165, 1.54) is 24.6 Å². The third-order valence-electron chi connectivity index (χ3n) is 5.56. The van der Waals surface area contributed by atoms with Crippen molar-refractivity contribution in [1.29, 1.82) is 0 Å². The fourth-order valence-electron chi connectivity index (χ4n) is 4.20. The molecule has 0 saturated carbocycles. The second-order valence-corrected chi connectivity index (χ2v) is 7.91. The van der Waals surface area contributed by atoms with E-state index in [0.29, 0.717) is 5.69 Å². The highest BCUT2D eigenvalue weighted by Crippen LogP contribution is 2.40. The molecule has 0 bridgehead atoms. The Balaban J connectivity index is 1.85. The smallest absolute Gasteiger partial charge is 0.203 e. The van der Waals surface area contributed by atoms with Crippen LogP contribution in [0.15, 0.2) is 65.1 Å². The van der Waals surface area contributed by atoms with Crippen LogP contribution in [0.3, 0.4) is 0 Å². The molecule has 5 rings (SSSR count). The Kier molecular flexibility index (Phi) is 4.33. The highest BCUT2D eigenvalue weighted by molar-refractivity contribution is 6.31. The quantitative estimate of drug-likeness (QED) is 0.269. The van der Waals surface area contributed by atoms with Crippen molar-refractivity contribution in [2.24, 2.45) is 0 Å². The number of piperidine rings is 1. The summed E-state index contributed by atoms with van der Waals surface area (Å²) < 4.78 is 8.76. The Bertz CT molecular complexity index is 1220. The molecular formula is C24H22ClN2O+. The van der Waals surface area contributed by atoms with E-state index >= 15 is 0 Å². The zero-order chi connectivity index (χ0) is 19.1. The number of nitrogens with two attached hydrogens (primary N) is 1. The van der Waals surface area contributed by atoms with Gasteiger partial charge in [0.25, 0.3) is 0 Å². The third-order valence-corrected chi connectivity index (χ3v) is 5.80. The maximum Gasteiger partial charge on any atom is 0.203 e. The molecule has 3 nitrogen and oxygen atoms in total. The Morgan fingerprint density at radius 1 is 0.893 bits per heavy atom. The summed E-state index contributed by atoms with van der Waals surface area (Å²) >= 11 is 6.30. The van der Waals surface area contributed by atoms with Crippen LogP contribution in [-0.2, 0) is 0 Å². The standard InChI is InChI=1S/C24H21ClN2O/c25-17-6-4-5-16(13-17)24-20-9-7-18(26)14-22(20)28-23-15-19(8-10-21(23)24)27-11-2-1-3-12-27/h4-10,13-15,26H,1-3,11-12H2/p+1. The fraction of sp³-hybridized carbons (Fsp3) is 0.208. The van der Waals surface area contributed by atoms with Crippen molar-refractivity contribution < 1.29 is 4.42 Å². The zero-order valence-corrected chi connectivity index (χ0v) is 16.4. The summed E-state index contributed by atoms with van der Waals surface area (Å²) in [4.78, 5) is 0. The van der Waals surface area contributed by atoms with Crippen molar-refractivity contribution >= 4 is 28.3 Å². The molecule has 140 valence electrons. The van der Waals surface area contributed by atoms with Crippen LogP contribution in [-0.4, -0.2) is 13.1 Å². The number of halogens is 1. The van der Waals surface area contributed by atoms with Crippen molar-refractivity contribution in [3.8, 4) is 22.5 Å². The summed E-state index contributed by atoms with van der Waals surface area (Å²) in [5, 5.41) is 2.98. The van der Waals surface area contributed by atoms with E-state index in [0.717, 1.165) is 51.5 Å². The van der Waals surface area contributed by atoms with Crippen LogP contribution in [0.5, 0.6) is 0 Å². The van der Waals surface area contributed by atoms with Crippen LogP contribution in [0.1, 0.15) is 19.3 Å². The number of nitrogens with zero attached hydrogens (tertiary/aromatic N) is 1. The van der Waals surface area contributed by atoms with Crippen LogP contribution >= 0.6 is 11.6 Å². The van der Waals surface area contributed by atoms with Gasteiger partial charge in [0.2, 0.25) is 5.36 Å². The summed E-state index contributed by atoms with van der Waals surface area (Å²) in [5.74, 6) is 0.871. The number of hydrogen-bond donors (Lipinski definition) is 1. The monoisotopic (exact) mass is 389 g/mol. The lowest BCUT2D eigenvalue weighted by molar-refractivity contribution is 0.451. The normalized spacial score (nSPS) is 14.7. The molecule has 4 heteroatoms. The molecule has 0 amide bonds. The number of hydrogen-bond acceptors (Lipinski definition) is 2. The first-order valence-corrected chi connectivity index (χ1v) is 10.2. The SMILES string of the molecule is Nc1ccc2c(-c3cccc(Cl)c3)c3ccc(=[N+]4CCCCC4)cc-3oc2c1. The van der Waals surface area contributed by atoms with E-state index in [4.69, 9.17) is 21.8 Å². The predicted octanol–water partition coefficient (Wildman–Crippen LogP) is 5.40. The van der Waals surface area contributed by atoms with Gasteiger partial charge in [0.15, 0.2) is 0 Å². The van der Waals surface area contributed by atoms with E-state index in [1.54, 1.807) is 0 Å². The largest absolute Gasteiger partial charge is 0.456 e. The molecule has 1 saturated heterocycles. The van der Waals surface area contributed by atoms with Crippen LogP contribution in [0.25, 0.3) is 33.4 Å². The number of benzene rings is 3. The van der Waals surface area contributed by atoms with Gasteiger partial charge in [-0.3, -0.25) is 0 Å². The van der Waals surface area contributed by atoms with E-state index in [2.05, 4.69) is 28.8 Å². The molecular weight excluding hydrogens is 368 g/mol. The molecule has 2 aliphatic heterocycles. The van der Waals surface area contributed by atoms with Gasteiger partial charge in [-0.25, -0.2) is 4.58 Å². The summed E-state index contributed by atoms with van der Waals surface area (Å²) in [6.45, 7) is 2.21. The van der Waals surface area contributed by atoms with E-state index in [9.17, 15) is 0 Å². The number of nitrogen functional groups attached to an aromatic ring is 1. The minimum atomic E-state index is 0.694. The van der Waals surface area contributed by atoms with Crippen LogP contribution in [0.4, 0.5) is 5.69 Å². The molecule has 3 aliphatic rings. The van der Waals surface area contributed by atoms with E-state index in [1.807, 2.05) is 36.4 Å². The minimum Gasteiger partial charge on any atom is -0.456 e. The van der Waals surface area contributed by atoms with Crippen LogP contribution in [0.2, 0.25) is 5.02 Å². The fourth-order valence-corrected chi connectivity index (χ4v) is 4.39. The maximum absolute atomic E-state index is 6.31. The summed E-state index contributed by atoms with van der Waals surface area (Å²) in [6, 6.07) is 20.4. The lowest BCUT2D eigenvalue weighted by Gasteiger charge is -2.16. The van der Waals surface area contributed by atoms with Gasteiger partial charge in [-0.1, -0.05) is 23.7 Å². The predicted molar refractivity (Wildman–Crippen MR) is 117 cm³/mol. The van der Waals surface area contributed by atoms with E-state index < -0.39 is 0 Å². The molecule has 28 heavy (non-hydrogen) atoms. The van der Waals surface area contributed by atoms with Gasteiger partial charge >= 0.3 is 0 Å².